The molecule has 0 spiro atoms. The van der Waals surface area contributed by atoms with Crippen LogP contribution in [0, 0.1) is 0 Å². The van der Waals surface area contributed by atoms with Crippen LogP contribution in [0.25, 0.3) is 0 Å². The second kappa shape index (κ2) is 5.80. The summed E-state index contributed by atoms with van der Waals surface area (Å²) in [7, 11) is -2.90. The van der Waals surface area contributed by atoms with Gasteiger partial charge in [-0.1, -0.05) is 28.1 Å². The summed E-state index contributed by atoms with van der Waals surface area (Å²) in [5.74, 6) is 0.170. The summed E-state index contributed by atoms with van der Waals surface area (Å²) in [4.78, 5) is 0. The van der Waals surface area contributed by atoms with Gasteiger partial charge in [0, 0.05) is 23.3 Å². The van der Waals surface area contributed by atoms with E-state index < -0.39 is 9.84 Å². The van der Waals surface area contributed by atoms with Crippen molar-refractivity contribution in [2.24, 2.45) is 0 Å². The Morgan fingerprint density at radius 3 is 2.38 bits per heavy atom. The van der Waals surface area contributed by atoms with Crippen molar-refractivity contribution < 1.29 is 8.42 Å². The monoisotopic (exact) mass is 305 g/mol. The van der Waals surface area contributed by atoms with Gasteiger partial charge in [0.05, 0.1) is 5.75 Å². The second-order valence-corrected chi connectivity index (χ2v) is 7.10. The van der Waals surface area contributed by atoms with Crippen LogP contribution in [0.2, 0.25) is 0 Å². The van der Waals surface area contributed by atoms with Crippen LogP contribution in [0.1, 0.15) is 12.5 Å². The Balaban J connectivity index is 2.43. The minimum Gasteiger partial charge on any atom is -0.309 e. The molecule has 0 aliphatic heterocycles. The molecule has 90 valence electrons. The quantitative estimate of drug-likeness (QED) is 0.905. The first-order valence-corrected chi connectivity index (χ1v) is 7.88. The van der Waals surface area contributed by atoms with E-state index in [0.29, 0.717) is 6.54 Å². The lowest BCUT2D eigenvalue weighted by atomic mass is 10.2. The van der Waals surface area contributed by atoms with E-state index >= 15 is 0 Å². The first-order chi connectivity index (χ1) is 7.37. The predicted molar refractivity (Wildman–Crippen MR) is 70.2 cm³/mol. The van der Waals surface area contributed by atoms with Crippen LogP contribution in [-0.4, -0.2) is 26.5 Å². The summed E-state index contributed by atoms with van der Waals surface area (Å²) in [6.45, 7) is 2.56. The highest BCUT2D eigenvalue weighted by atomic mass is 79.9. The Bertz CT molecular complexity index is 428. The van der Waals surface area contributed by atoms with E-state index in [0.717, 1.165) is 10.0 Å². The third-order valence-corrected chi connectivity index (χ3v) is 3.75. The molecular weight excluding hydrogens is 290 g/mol. The summed E-state index contributed by atoms with van der Waals surface area (Å²) in [6, 6.07) is 7.92. The number of benzene rings is 1. The van der Waals surface area contributed by atoms with Gasteiger partial charge in [0.25, 0.3) is 0 Å². The minimum absolute atomic E-state index is 0.0290. The first kappa shape index (κ1) is 13.7. The molecule has 5 heteroatoms. The fourth-order valence-corrected chi connectivity index (χ4v) is 2.70. The van der Waals surface area contributed by atoms with Crippen molar-refractivity contribution in [3.05, 3.63) is 34.3 Å². The number of rotatable bonds is 5. The van der Waals surface area contributed by atoms with Crippen molar-refractivity contribution in [2.75, 3.05) is 12.0 Å². The summed E-state index contributed by atoms with van der Waals surface area (Å²) in [5.41, 5.74) is 1.14. The fraction of sp³-hybridized carbons (Fsp3) is 0.455. The number of sulfone groups is 1. The molecule has 0 aromatic heterocycles. The van der Waals surface area contributed by atoms with Crippen LogP contribution in [0.15, 0.2) is 28.7 Å². The molecule has 0 radical (unpaired) electrons. The Morgan fingerprint density at radius 1 is 1.31 bits per heavy atom. The molecule has 1 rings (SSSR count). The molecule has 0 amide bonds. The Labute approximate surface area is 105 Å². The van der Waals surface area contributed by atoms with Gasteiger partial charge in [-0.25, -0.2) is 8.42 Å². The standard InChI is InChI=1S/C11H16BrNO2S/c1-9(8-16(2,14)15)13-7-10-3-5-11(12)6-4-10/h3-6,9,13H,7-8H2,1-2H3. The van der Waals surface area contributed by atoms with E-state index in [4.69, 9.17) is 0 Å². The normalized spacial score (nSPS) is 13.7. The van der Waals surface area contributed by atoms with Crippen molar-refractivity contribution in [2.45, 2.75) is 19.5 Å². The van der Waals surface area contributed by atoms with Gasteiger partial charge < -0.3 is 5.32 Å². The number of hydrogen-bond donors (Lipinski definition) is 1. The summed E-state index contributed by atoms with van der Waals surface area (Å²) in [6.07, 6.45) is 1.25. The van der Waals surface area contributed by atoms with Gasteiger partial charge in [0.1, 0.15) is 9.84 Å². The van der Waals surface area contributed by atoms with Gasteiger partial charge >= 0.3 is 0 Å². The molecule has 1 aromatic rings. The van der Waals surface area contributed by atoms with Gasteiger partial charge in [-0.05, 0) is 24.6 Å². The number of nitrogens with one attached hydrogen (secondary N) is 1. The lowest BCUT2D eigenvalue weighted by molar-refractivity contribution is 0.560. The average molecular weight is 306 g/mol. The molecule has 0 fully saturated rings. The summed E-state index contributed by atoms with van der Waals surface area (Å²) < 4.78 is 23.1. The van der Waals surface area contributed by atoms with Crippen LogP contribution in [0.3, 0.4) is 0 Å². The van der Waals surface area contributed by atoms with E-state index in [9.17, 15) is 8.42 Å². The van der Waals surface area contributed by atoms with Crippen molar-refractivity contribution in [1.82, 2.24) is 5.32 Å². The third-order valence-electron chi connectivity index (χ3n) is 2.12. The molecule has 0 saturated heterocycles. The van der Waals surface area contributed by atoms with Crippen LogP contribution >= 0.6 is 15.9 Å². The maximum Gasteiger partial charge on any atom is 0.148 e. The fourth-order valence-electron chi connectivity index (χ4n) is 1.41. The zero-order valence-corrected chi connectivity index (χ0v) is 11.8. The van der Waals surface area contributed by atoms with E-state index in [1.165, 1.54) is 6.26 Å². The van der Waals surface area contributed by atoms with Gasteiger partial charge in [-0.15, -0.1) is 0 Å². The van der Waals surface area contributed by atoms with Crippen LogP contribution in [0.5, 0.6) is 0 Å². The van der Waals surface area contributed by atoms with Crippen LogP contribution in [0.4, 0.5) is 0 Å². The molecular formula is C11H16BrNO2S. The molecule has 3 nitrogen and oxygen atoms in total. The van der Waals surface area contributed by atoms with E-state index in [1.54, 1.807) is 0 Å². The first-order valence-electron chi connectivity index (χ1n) is 5.02. The van der Waals surface area contributed by atoms with Crippen molar-refractivity contribution in [3.63, 3.8) is 0 Å². The molecule has 0 aliphatic carbocycles. The van der Waals surface area contributed by atoms with Gasteiger partial charge in [-0.3, -0.25) is 0 Å². The summed E-state index contributed by atoms with van der Waals surface area (Å²) >= 11 is 3.37. The largest absolute Gasteiger partial charge is 0.309 e. The SMILES string of the molecule is CC(CS(C)(=O)=O)NCc1ccc(Br)cc1. The molecule has 0 bridgehead atoms. The number of halogens is 1. The van der Waals surface area contributed by atoms with Crippen molar-refractivity contribution in [1.29, 1.82) is 0 Å². The second-order valence-electron chi connectivity index (χ2n) is 4.00. The average Bonchev–Trinajstić information content (AvgIpc) is 2.14. The highest BCUT2D eigenvalue weighted by molar-refractivity contribution is 9.10. The van der Waals surface area contributed by atoms with Crippen molar-refractivity contribution >= 4 is 25.8 Å². The molecule has 0 aliphatic rings. The molecule has 1 atom stereocenters. The summed E-state index contributed by atoms with van der Waals surface area (Å²) in [5, 5.41) is 3.18. The minimum atomic E-state index is -2.90. The van der Waals surface area contributed by atoms with Crippen molar-refractivity contribution in [3.8, 4) is 0 Å². The third kappa shape index (κ3) is 5.63. The molecule has 1 unspecified atom stereocenters. The molecule has 16 heavy (non-hydrogen) atoms. The van der Waals surface area contributed by atoms with Gasteiger partial charge in [0.2, 0.25) is 0 Å². The predicted octanol–water partition coefficient (Wildman–Crippen LogP) is 1.97. The molecule has 0 heterocycles. The zero-order valence-electron chi connectivity index (χ0n) is 9.40. The van der Waals surface area contributed by atoms with E-state index in [2.05, 4.69) is 21.2 Å². The van der Waals surface area contributed by atoms with Gasteiger partial charge in [-0.2, -0.15) is 0 Å². The number of hydrogen-bond acceptors (Lipinski definition) is 3. The van der Waals surface area contributed by atoms with E-state index in [1.807, 2.05) is 31.2 Å². The Hall–Kier alpha value is -0.390. The molecule has 1 N–H and O–H groups in total. The maximum absolute atomic E-state index is 11.1. The van der Waals surface area contributed by atoms with Crippen LogP contribution in [-0.2, 0) is 16.4 Å². The topological polar surface area (TPSA) is 46.2 Å². The lowest BCUT2D eigenvalue weighted by Gasteiger charge is -2.12. The Morgan fingerprint density at radius 2 is 1.88 bits per heavy atom. The highest BCUT2D eigenvalue weighted by Gasteiger charge is 2.09. The zero-order chi connectivity index (χ0) is 12.2. The molecule has 1 aromatic carbocycles. The Kier molecular flexibility index (Phi) is 4.95. The van der Waals surface area contributed by atoms with Crippen LogP contribution < -0.4 is 5.32 Å². The van der Waals surface area contributed by atoms with E-state index in [-0.39, 0.29) is 11.8 Å². The maximum atomic E-state index is 11.1. The van der Waals surface area contributed by atoms with Gasteiger partial charge in [0.15, 0.2) is 0 Å². The lowest BCUT2D eigenvalue weighted by Crippen LogP contribution is -2.32. The highest BCUT2D eigenvalue weighted by Crippen LogP contribution is 2.10. The molecule has 0 saturated carbocycles. The smallest absolute Gasteiger partial charge is 0.148 e.